The maximum atomic E-state index is 12.7. The number of aromatic nitrogens is 4. The molecule has 2 aromatic heterocycles. The van der Waals surface area contributed by atoms with Gasteiger partial charge >= 0.3 is 11.1 Å². The van der Waals surface area contributed by atoms with Crippen molar-refractivity contribution in [1.82, 2.24) is 19.1 Å². The van der Waals surface area contributed by atoms with Crippen LogP contribution in [0.4, 0.5) is 0 Å². The van der Waals surface area contributed by atoms with Gasteiger partial charge in [0, 0.05) is 12.6 Å². The van der Waals surface area contributed by atoms with Crippen LogP contribution in [0.25, 0.3) is 27.8 Å². The summed E-state index contributed by atoms with van der Waals surface area (Å²) in [6.07, 6.45) is 0. The first-order valence-electron chi connectivity index (χ1n) is 10.2. The van der Waals surface area contributed by atoms with Gasteiger partial charge in [-0.15, -0.1) is 0 Å². The largest absolute Gasteiger partial charge is 0.486 e. The van der Waals surface area contributed by atoms with Gasteiger partial charge in [-0.1, -0.05) is 12.1 Å². The molecule has 0 saturated carbocycles. The average Bonchev–Trinajstić information content (AvgIpc) is 3.13. The molecule has 164 valence electrons. The van der Waals surface area contributed by atoms with Crippen LogP contribution >= 0.6 is 0 Å². The zero-order valence-electron chi connectivity index (χ0n) is 17.7. The molecule has 0 saturated heterocycles. The van der Waals surface area contributed by atoms with Crippen molar-refractivity contribution < 1.29 is 4.74 Å². The molecule has 0 aliphatic carbocycles. The minimum Gasteiger partial charge on any atom is -0.486 e. The van der Waals surface area contributed by atoms with Crippen molar-refractivity contribution in [3.8, 4) is 11.4 Å². The number of nitrogens with zero attached hydrogens (tertiary/aromatic N) is 3. The summed E-state index contributed by atoms with van der Waals surface area (Å²) in [6, 6.07) is 19.6. The molecule has 4 N–H and O–H groups in total. The molecule has 5 rings (SSSR count). The Morgan fingerprint density at radius 2 is 1.82 bits per heavy atom. The minimum atomic E-state index is -0.681. The van der Waals surface area contributed by atoms with Gasteiger partial charge in [0.25, 0.3) is 0 Å². The summed E-state index contributed by atoms with van der Waals surface area (Å²) in [6.45, 7) is 0.230. The third kappa shape index (κ3) is 3.55. The molecule has 0 bridgehead atoms. The van der Waals surface area contributed by atoms with Gasteiger partial charge in [0.1, 0.15) is 24.0 Å². The first-order chi connectivity index (χ1) is 15.9. The Morgan fingerprint density at radius 3 is 2.58 bits per heavy atom. The van der Waals surface area contributed by atoms with Crippen molar-refractivity contribution in [1.29, 1.82) is 5.41 Å². The van der Waals surface area contributed by atoms with Gasteiger partial charge < -0.3 is 20.0 Å². The van der Waals surface area contributed by atoms with Crippen LogP contribution in [0.5, 0.6) is 5.75 Å². The molecule has 5 aromatic rings. The summed E-state index contributed by atoms with van der Waals surface area (Å²) in [5, 5.41) is 7.46. The Hall–Kier alpha value is -4.66. The maximum Gasteiger partial charge on any atom is 0.321 e. The Morgan fingerprint density at radius 1 is 1.06 bits per heavy atom. The van der Waals surface area contributed by atoms with E-state index in [-0.39, 0.29) is 12.4 Å². The Balaban J connectivity index is 1.51. The van der Waals surface area contributed by atoms with Gasteiger partial charge in [-0.25, -0.2) is 4.98 Å². The first kappa shape index (κ1) is 20.3. The van der Waals surface area contributed by atoms with Gasteiger partial charge in [-0.2, -0.15) is 0 Å². The van der Waals surface area contributed by atoms with E-state index in [2.05, 4.69) is 9.97 Å². The van der Waals surface area contributed by atoms with Crippen LogP contribution in [0, 0.1) is 5.41 Å². The van der Waals surface area contributed by atoms with Crippen molar-refractivity contribution >= 4 is 27.9 Å². The highest BCUT2D eigenvalue weighted by Gasteiger charge is 2.13. The van der Waals surface area contributed by atoms with Crippen LogP contribution in [0.2, 0.25) is 0 Å². The lowest BCUT2D eigenvalue weighted by atomic mass is 10.2. The third-order valence-electron chi connectivity index (χ3n) is 5.54. The second-order valence-corrected chi connectivity index (χ2v) is 7.60. The molecule has 0 aliphatic rings. The number of imidazole rings is 1. The molecule has 33 heavy (non-hydrogen) atoms. The number of amidine groups is 1. The lowest BCUT2D eigenvalue weighted by Crippen LogP contribution is -2.35. The highest BCUT2D eigenvalue weighted by molar-refractivity contribution is 5.95. The minimum absolute atomic E-state index is 0.00000291. The van der Waals surface area contributed by atoms with Gasteiger partial charge in [0.2, 0.25) is 0 Å². The molecule has 9 heteroatoms. The number of ether oxygens (including phenoxy) is 1. The number of aryl methyl sites for hydroxylation is 1. The molecule has 0 aliphatic heterocycles. The molecule has 3 aromatic carbocycles. The lowest BCUT2D eigenvalue weighted by molar-refractivity contribution is 0.292. The summed E-state index contributed by atoms with van der Waals surface area (Å²) in [5.74, 6) is 1.33. The third-order valence-corrected chi connectivity index (χ3v) is 5.54. The molecule has 0 amide bonds. The smallest absolute Gasteiger partial charge is 0.321 e. The number of hydrogen-bond donors (Lipinski definition) is 3. The molecule has 9 nitrogen and oxygen atoms in total. The van der Waals surface area contributed by atoms with E-state index < -0.39 is 11.1 Å². The van der Waals surface area contributed by atoms with Crippen molar-refractivity contribution in [2.45, 2.75) is 6.61 Å². The zero-order valence-corrected chi connectivity index (χ0v) is 17.7. The molecule has 0 unspecified atom stereocenters. The number of nitrogens with one attached hydrogen (secondary N) is 2. The number of hydrogen-bond acceptors (Lipinski definition) is 5. The number of H-pyrrole nitrogens is 1. The fourth-order valence-corrected chi connectivity index (χ4v) is 3.80. The topological polar surface area (TPSA) is 132 Å². The van der Waals surface area contributed by atoms with Crippen LogP contribution in [0.15, 0.2) is 76.3 Å². The van der Waals surface area contributed by atoms with Crippen molar-refractivity contribution in [2.24, 2.45) is 12.8 Å². The van der Waals surface area contributed by atoms with Crippen LogP contribution in [0.1, 0.15) is 11.4 Å². The van der Waals surface area contributed by atoms with Crippen molar-refractivity contribution in [2.75, 3.05) is 0 Å². The fourth-order valence-electron chi connectivity index (χ4n) is 3.80. The predicted molar refractivity (Wildman–Crippen MR) is 126 cm³/mol. The second kappa shape index (κ2) is 7.79. The Labute approximate surface area is 187 Å². The molecule has 0 radical (unpaired) electrons. The number of benzene rings is 3. The summed E-state index contributed by atoms with van der Waals surface area (Å²) >= 11 is 0. The number of fused-ring (bicyclic) bond motifs is 2. The van der Waals surface area contributed by atoms with Crippen molar-refractivity contribution in [3.05, 3.63) is 98.8 Å². The molecular formula is C24H20N6O3. The highest BCUT2D eigenvalue weighted by Crippen LogP contribution is 2.22. The number of para-hydroxylation sites is 2. The maximum absolute atomic E-state index is 12.7. The van der Waals surface area contributed by atoms with Gasteiger partial charge in [-0.05, 0) is 54.6 Å². The fraction of sp³-hybridized carbons (Fsp3) is 0.0833. The van der Waals surface area contributed by atoms with E-state index in [1.165, 1.54) is 4.57 Å². The van der Waals surface area contributed by atoms with Gasteiger partial charge in [0.05, 0.1) is 27.8 Å². The molecule has 0 fully saturated rings. The second-order valence-electron chi connectivity index (χ2n) is 7.60. The number of nitrogens with two attached hydrogens (primary N) is 1. The Kier molecular flexibility index (Phi) is 4.78. The van der Waals surface area contributed by atoms with Crippen LogP contribution < -0.4 is 21.6 Å². The Bertz CT molecular complexity index is 1640. The van der Waals surface area contributed by atoms with Crippen LogP contribution in [-0.4, -0.2) is 24.9 Å². The molecule has 2 heterocycles. The van der Waals surface area contributed by atoms with E-state index in [4.69, 9.17) is 15.9 Å². The number of rotatable bonds is 5. The van der Waals surface area contributed by atoms with E-state index in [1.54, 1.807) is 54.6 Å². The number of nitrogen functional groups attached to an aromatic ring is 1. The lowest BCUT2D eigenvalue weighted by Gasteiger charge is -2.09. The van der Waals surface area contributed by atoms with Gasteiger partial charge in [0.15, 0.2) is 0 Å². The van der Waals surface area contributed by atoms with Crippen molar-refractivity contribution in [3.63, 3.8) is 0 Å². The zero-order chi connectivity index (χ0) is 23.1. The van der Waals surface area contributed by atoms with E-state index in [0.29, 0.717) is 39.4 Å². The normalized spacial score (nSPS) is 11.2. The average molecular weight is 440 g/mol. The first-order valence-corrected chi connectivity index (χ1v) is 10.2. The van der Waals surface area contributed by atoms with E-state index in [1.807, 2.05) is 23.7 Å². The summed E-state index contributed by atoms with van der Waals surface area (Å²) in [7, 11) is 1.89. The van der Waals surface area contributed by atoms with Crippen LogP contribution in [0.3, 0.4) is 0 Å². The summed E-state index contributed by atoms with van der Waals surface area (Å²) < 4.78 is 9.17. The quantitative estimate of drug-likeness (QED) is 0.219. The summed E-state index contributed by atoms with van der Waals surface area (Å²) in [5.41, 5.74) is 8.06. The van der Waals surface area contributed by atoms with Gasteiger partial charge in [-0.3, -0.25) is 19.6 Å². The highest BCUT2D eigenvalue weighted by atomic mass is 16.5. The molecule has 0 spiro atoms. The molecule has 0 atom stereocenters. The van der Waals surface area contributed by atoms with E-state index >= 15 is 0 Å². The standard InChI is InChI=1S/C24H20N6O3/c1-29-19-11-8-15(30-20-5-3-2-4-17(20)28-23(31)24(30)32)12-18(19)27-21(29)13-33-16-9-6-14(7-10-16)22(25)26/h2-12H,13H2,1H3,(H3,25,26)(H,28,31). The SMILES string of the molecule is Cn1c(COc2ccc(C(=N)N)cc2)nc2cc(-n3c(=O)c(=O)[nH]c4ccccc43)ccc21. The number of aromatic amines is 1. The van der Waals surface area contributed by atoms with E-state index in [9.17, 15) is 9.59 Å². The summed E-state index contributed by atoms with van der Waals surface area (Å²) in [4.78, 5) is 32.1. The monoisotopic (exact) mass is 440 g/mol. The molecular weight excluding hydrogens is 420 g/mol. The van der Waals surface area contributed by atoms with E-state index in [0.717, 1.165) is 5.52 Å². The predicted octanol–water partition coefficient (Wildman–Crippen LogP) is 2.43. The van der Waals surface area contributed by atoms with Crippen LogP contribution in [-0.2, 0) is 13.7 Å².